The first kappa shape index (κ1) is 13.3. The van der Waals surface area contributed by atoms with Crippen LogP contribution >= 0.6 is 0 Å². The quantitative estimate of drug-likeness (QED) is 0.804. The molecule has 2 fully saturated rings. The summed E-state index contributed by atoms with van der Waals surface area (Å²) in [7, 11) is 2.28. The zero-order valence-electron chi connectivity index (χ0n) is 11.2. The minimum atomic E-state index is 0.378. The third kappa shape index (κ3) is 3.67. The number of hydrogen-bond donors (Lipinski definition) is 1. The van der Waals surface area contributed by atoms with E-state index in [0.717, 1.165) is 13.2 Å². The van der Waals surface area contributed by atoms with Gasteiger partial charge in [-0.2, -0.15) is 0 Å². The number of nitrogens with two attached hydrogens (primary N) is 1. The molecule has 0 aromatic carbocycles. The van der Waals surface area contributed by atoms with Crippen LogP contribution in [0.1, 0.15) is 51.4 Å². The van der Waals surface area contributed by atoms with E-state index in [2.05, 4.69) is 11.9 Å². The first-order chi connectivity index (χ1) is 8.29. The van der Waals surface area contributed by atoms with Crippen LogP contribution in [0.5, 0.6) is 0 Å². The van der Waals surface area contributed by atoms with Gasteiger partial charge in [0.25, 0.3) is 0 Å². The molecule has 2 atom stereocenters. The molecule has 2 unspecified atom stereocenters. The van der Waals surface area contributed by atoms with Crippen LogP contribution in [0.3, 0.4) is 0 Å². The van der Waals surface area contributed by atoms with Crippen LogP contribution in [0, 0.1) is 0 Å². The van der Waals surface area contributed by atoms with Gasteiger partial charge in [-0.1, -0.05) is 25.7 Å². The molecule has 3 nitrogen and oxygen atoms in total. The van der Waals surface area contributed by atoms with Crippen molar-refractivity contribution in [2.24, 2.45) is 5.73 Å². The Kier molecular flexibility index (Phi) is 5.26. The lowest BCUT2D eigenvalue weighted by Crippen LogP contribution is -2.51. The van der Waals surface area contributed by atoms with E-state index in [4.69, 9.17) is 10.5 Å². The van der Waals surface area contributed by atoms with E-state index < -0.39 is 0 Å². The summed E-state index contributed by atoms with van der Waals surface area (Å²) in [5, 5.41) is 0. The molecule has 0 aromatic heterocycles. The Bertz CT molecular complexity index is 216. The summed E-state index contributed by atoms with van der Waals surface area (Å²) in [4.78, 5) is 2.57. The average molecular weight is 240 g/mol. The van der Waals surface area contributed by atoms with Crippen LogP contribution in [-0.4, -0.2) is 43.3 Å². The molecule has 1 heterocycles. The van der Waals surface area contributed by atoms with Crippen LogP contribution in [-0.2, 0) is 4.74 Å². The summed E-state index contributed by atoms with van der Waals surface area (Å²) < 4.78 is 5.45. The van der Waals surface area contributed by atoms with Gasteiger partial charge in [-0.3, -0.25) is 4.90 Å². The van der Waals surface area contributed by atoms with E-state index in [1.807, 2.05) is 0 Å². The normalized spacial score (nSPS) is 33.4. The molecule has 1 saturated carbocycles. The maximum Gasteiger partial charge on any atom is 0.0480 e. The molecule has 0 radical (unpaired) electrons. The van der Waals surface area contributed by atoms with Crippen molar-refractivity contribution in [3.63, 3.8) is 0 Å². The molecular formula is C14H28N2O. The van der Waals surface area contributed by atoms with Crippen molar-refractivity contribution in [1.82, 2.24) is 4.90 Å². The second-order valence-electron chi connectivity index (χ2n) is 5.73. The summed E-state index contributed by atoms with van der Waals surface area (Å²) in [6.45, 7) is 1.86. The van der Waals surface area contributed by atoms with Crippen molar-refractivity contribution in [2.45, 2.75) is 69.5 Å². The van der Waals surface area contributed by atoms with E-state index in [0.29, 0.717) is 18.1 Å². The van der Waals surface area contributed by atoms with Crippen LogP contribution in [0.4, 0.5) is 0 Å². The standard InChI is InChI=1S/C14H28N2O/c1-16(12-8-10-17-11-9-12)14-7-5-3-2-4-6-13(14)15/h12-14H,2-11,15H2,1H3. The Morgan fingerprint density at radius 1 is 0.941 bits per heavy atom. The lowest BCUT2D eigenvalue weighted by molar-refractivity contribution is 0.0204. The highest BCUT2D eigenvalue weighted by Gasteiger charge is 2.28. The van der Waals surface area contributed by atoms with Crippen LogP contribution in [0.2, 0.25) is 0 Å². The van der Waals surface area contributed by atoms with Crippen LogP contribution in [0.15, 0.2) is 0 Å². The highest BCUT2D eigenvalue weighted by atomic mass is 16.5. The van der Waals surface area contributed by atoms with Gasteiger partial charge in [-0.25, -0.2) is 0 Å². The molecule has 2 N–H and O–H groups in total. The molecule has 3 heteroatoms. The number of likely N-dealkylation sites (N-methyl/N-ethyl adjacent to an activating group) is 1. The fourth-order valence-electron chi connectivity index (χ4n) is 3.36. The van der Waals surface area contributed by atoms with Crippen LogP contribution in [0.25, 0.3) is 0 Å². The highest BCUT2D eigenvalue weighted by Crippen LogP contribution is 2.24. The van der Waals surface area contributed by atoms with Crippen molar-refractivity contribution in [3.8, 4) is 0 Å². The van der Waals surface area contributed by atoms with Gasteiger partial charge in [-0.15, -0.1) is 0 Å². The van der Waals surface area contributed by atoms with Crippen molar-refractivity contribution >= 4 is 0 Å². The molecule has 0 amide bonds. The highest BCUT2D eigenvalue weighted by molar-refractivity contribution is 4.86. The number of hydrogen-bond acceptors (Lipinski definition) is 3. The van der Waals surface area contributed by atoms with Gasteiger partial charge >= 0.3 is 0 Å². The first-order valence-corrected chi connectivity index (χ1v) is 7.34. The molecule has 1 aliphatic carbocycles. The van der Waals surface area contributed by atoms with Crippen molar-refractivity contribution in [1.29, 1.82) is 0 Å². The molecule has 0 aromatic rings. The Morgan fingerprint density at radius 2 is 1.59 bits per heavy atom. The zero-order chi connectivity index (χ0) is 12.1. The Labute approximate surface area is 106 Å². The topological polar surface area (TPSA) is 38.5 Å². The number of nitrogens with zero attached hydrogens (tertiary/aromatic N) is 1. The predicted octanol–water partition coefficient (Wildman–Crippen LogP) is 2.15. The van der Waals surface area contributed by atoms with Gasteiger partial charge in [0.15, 0.2) is 0 Å². The zero-order valence-corrected chi connectivity index (χ0v) is 11.2. The minimum absolute atomic E-state index is 0.378. The molecular weight excluding hydrogens is 212 g/mol. The summed E-state index contributed by atoms with van der Waals surface area (Å²) in [6, 6.07) is 1.67. The lowest BCUT2D eigenvalue weighted by atomic mass is 9.90. The van der Waals surface area contributed by atoms with Gasteiger partial charge in [0.2, 0.25) is 0 Å². The van der Waals surface area contributed by atoms with Gasteiger partial charge < -0.3 is 10.5 Å². The fraction of sp³-hybridized carbons (Fsp3) is 1.00. The molecule has 1 saturated heterocycles. The number of rotatable bonds is 2. The first-order valence-electron chi connectivity index (χ1n) is 7.34. The van der Waals surface area contributed by atoms with Crippen LogP contribution < -0.4 is 5.73 Å². The predicted molar refractivity (Wildman–Crippen MR) is 71.1 cm³/mol. The summed E-state index contributed by atoms with van der Waals surface area (Å²) >= 11 is 0. The SMILES string of the molecule is CN(C1CCOCC1)C1CCCCCCC1N. The van der Waals surface area contributed by atoms with Gasteiger partial charge in [-0.05, 0) is 32.7 Å². The molecule has 2 rings (SSSR count). The smallest absolute Gasteiger partial charge is 0.0480 e. The van der Waals surface area contributed by atoms with E-state index in [-0.39, 0.29) is 0 Å². The molecule has 1 aliphatic heterocycles. The molecule has 0 spiro atoms. The second kappa shape index (κ2) is 6.72. The molecule has 100 valence electrons. The second-order valence-corrected chi connectivity index (χ2v) is 5.73. The van der Waals surface area contributed by atoms with Gasteiger partial charge in [0, 0.05) is 31.3 Å². The number of ether oxygens (including phenoxy) is 1. The van der Waals surface area contributed by atoms with E-state index in [1.54, 1.807) is 0 Å². The summed E-state index contributed by atoms with van der Waals surface area (Å²) in [6.07, 6.45) is 10.3. The Balaban J connectivity index is 1.91. The minimum Gasteiger partial charge on any atom is -0.381 e. The average Bonchev–Trinajstić information content (AvgIpc) is 2.35. The maximum atomic E-state index is 6.38. The van der Waals surface area contributed by atoms with Crippen molar-refractivity contribution < 1.29 is 4.74 Å². The van der Waals surface area contributed by atoms with Crippen molar-refractivity contribution in [3.05, 3.63) is 0 Å². The monoisotopic (exact) mass is 240 g/mol. The van der Waals surface area contributed by atoms with Gasteiger partial charge in [0.1, 0.15) is 0 Å². The van der Waals surface area contributed by atoms with E-state index in [1.165, 1.54) is 51.4 Å². The summed E-state index contributed by atoms with van der Waals surface area (Å²) in [5.41, 5.74) is 6.38. The molecule has 0 bridgehead atoms. The Morgan fingerprint density at radius 3 is 2.29 bits per heavy atom. The van der Waals surface area contributed by atoms with E-state index in [9.17, 15) is 0 Å². The third-order valence-electron chi connectivity index (χ3n) is 4.57. The van der Waals surface area contributed by atoms with Crippen molar-refractivity contribution in [2.75, 3.05) is 20.3 Å². The maximum absolute atomic E-state index is 6.38. The lowest BCUT2D eigenvalue weighted by Gasteiger charge is -2.40. The van der Waals surface area contributed by atoms with E-state index >= 15 is 0 Å². The Hall–Kier alpha value is -0.120. The molecule has 2 aliphatic rings. The van der Waals surface area contributed by atoms with Gasteiger partial charge in [0.05, 0.1) is 0 Å². The fourth-order valence-corrected chi connectivity index (χ4v) is 3.36. The third-order valence-corrected chi connectivity index (χ3v) is 4.57. The molecule has 17 heavy (non-hydrogen) atoms. The summed E-state index contributed by atoms with van der Waals surface area (Å²) in [5.74, 6) is 0. The largest absolute Gasteiger partial charge is 0.381 e.